The molecule has 2 rings (SSSR count). The minimum Gasteiger partial charge on any atom is -0.383 e. The summed E-state index contributed by atoms with van der Waals surface area (Å²) >= 11 is 8.09. The number of anilines is 1. The van der Waals surface area contributed by atoms with Crippen LogP contribution >= 0.6 is 34.2 Å². The van der Waals surface area contributed by atoms with E-state index < -0.39 is 8.07 Å². The van der Waals surface area contributed by atoms with Crippen LogP contribution in [0.4, 0.5) is 5.82 Å². The van der Waals surface area contributed by atoms with Crippen molar-refractivity contribution in [1.29, 1.82) is 0 Å². The van der Waals surface area contributed by atoms with E-state index in [0.29, 0.717) is 12.5 Å². The zero-order valence-corrected chi connectivity index (χ0v) is 15.7. The molecule has 0 unspecified atom stereocenters. The van der Waals surface area contributed by atoms with Gasteiger partial charge >= 0.3 is 0 Å². The van der Waals surface area contributed by atoms with E-state index in [-0.39, 0.29) is 5.28 Å². The van der Waals surface area contributed by atoms with E-state index in [1.165, 1.54) is 0 Å². The molecule has 0 amide bonds. The number of halogens is 2. The van der Waals surface area contributed by atoms with Crippen molar-refractivity contribution in [3.05, 3.63) is 15.1 Å². The molecular weight excluding hydrogens is 407 g/mol. The van der Waals surface area contributed by atoms with Crippen molar-refractivity contribution in [2.45, 2.75) is 32.4 Å². The van der Waals surface area contributed by atoms with Gasteiger partial charge in [0.15, 0.2) is 0 Å². The van der Waals surface area contributed by atoms with Crippen LogP contribution < -0.4 is 5.73 Å². The molecule has 20 heavy (non-hydrogen) atoms. The van der Waals surface area contributed by atoms with Crippen molar-refractivity contribution >= 4 is 59.1 Å². The van der Waals surface area contributed by atoms with Crippen LogP contribution in [0.25, 0.3) is 11.0 Å². The molecule has 0 saturated heterocycles. The summed E-state index contributed by atoms with van der Waals surface area (Å²) in [7, 11) is -1.06. The lowest BCUT2D eigenvalue weighted by Crippen LogP contribution is -2.22. The molecule has 0 atom stereocenters. The second-order valence-electron chi connectivity index (χ2n) is 5.87. The highest BCUT2D eigenvalue weighted by Crippen LogP contribution is 2.27. The summed E-state index contributed by atoms with van der Waals surface area (Å²) in [6, 6.07) is 1.14. The standard InChI is InChI=1S/C12H18ClIN4OSi/c1-20(2,3)5-4-19-7-18-6-8(14)9-10(15)16-12(13)17-11(9)18/h6H,4-5,7H2,1-3H3,(H2,15,16,17). The summed E-state index contributed by atoms with van der Waals surface area (Å²) in [5, 5.41) is 0.997. The van der Waals surface area contributed by atoms with E-state index in [0.717, 1.165) is 27.3 Å². The SMILES string of the molecule is C[Si](C)(C)CCOCn1cc(I)c2c(N)nc(Cl)nc21. The fraction of sp³-hybridized carbons (Fsp3) is 0.500. The molecule has 0 radical (unpaired) electrons. The lowest BCUT2D eigenvalue weighted by molar-refractivity contribution is 0.0898. The third kappa shape index (κ3) is 3.83. The molecular formula is C12H18ClIN4OSi. The highest BCUT2D eigenvalue weighted by molar-refractivity contribution is 14.1. The summed E-state index contributed by atoms with van der Waals surface area (Å²) in [4.78, 5) is 8.23. The molecule has 2 aromatic heterocycles. The van der Waals surface area contributed by atoms with Crippen molar-refractivity contribution in [3.8, 4) is 0 Å². The Bertz CT molecular complexity index is 626. The van der Waals surface area contributed by atoms with Crippen LogP contribution in [0.15, 0.2) is 6.20 Å². The Hall–Kier alpha value is -0.383. The summed E-state index contributed by atoms with van der Waals surface area (Å²) < 4.78 is 8.67. The molecule has 0 spiro atoms. The van der Waals surface area contributed by atoms with E-state index in [9.17, 15) is 0 Å². The Balaban J connectivity index is 2.15. The first-order chi connectivity index (χ1) is 9.28. The highest BCUT2D eigenvalue weighted by atomic mass is 127. The van der Waals surface area contributed by atoms with E-state index in [1.807, 2.05) is 10.8 Å². The van der Waals surface area contributed by atoms with Crippen molar-refractivity contribution < 1.29 is 4.74 Å². The largest absolute Gasteiger partial charge is 0.383 e. The Morgan fingerprint density at radius 2 is 2.10 bits per heavy atom. The Morgan fingerprint density at radius 1 is 1.40 bits per heavy atom. The van der Waals surface area contributed by atoms with Crippen molar-refractivity contribution in [2.24, 2.45) is 0 Å². The molecule has 0 aliphatic heterocycles. The van der Waals surface area contributed by atoms with Gasteiger partial charge in [0.2, 0.25) is 5.28 Å². The third-order valence-corrected chi connectivity index (χ3v) is 5.59. The number of ether oxygens (including phenoxy) is 1. The summed E-state index contributed by atoms with van der Waals surface area (Å²) in [6.45, 7) is 8.21. The van der Waals surface area contributed by atoms with Gasteiger partial charge in [-0.15, -0.1) is 0 Å². The number of hydrogen-bond acceptors (Lipinski definition) is 4. The average Bonchev–Trinajstić information content (AvgIpc) is 2.60. The van der Waals surface area contributed by atoms with Crippen LogP contribution in [-0.2, 0) is 11.5 Å². The summed E-state index contributed by atoms with van der Waals surface area (Å²) in [5.74, 6) is 0.408. The Labute approximate surface area is 138 Å². The topological polar surface area (TPSA) is 66.0 Å². The lowest BCUT2D eigenvalue weighted by Gasteiger charge is -2.15. The van der Waals surface area contributed by atoms with Gasteiger partial charge in [-0.25, -0.2) is 4.98 Å². The normalized spacial score (nSPS) is 12.2. The molecule has 0 aromatic carbocycles. The molecule has 0 bridgehead atoms. The fourth-order valence-corrected chi connectivity index (χ4v) is 3.56. The van der Waals surface area contributed by atoms with Crippen LogP contribution in [0.1, 0.15) is 0 Å². The molecule has 0 saturated carbocycles. The molecule has 110 valence electrons. The molecule has 0 aliphatic rings. The van der Waals surface area contributed by atoms with E-state index in [2.05, 4.69) is 52.2 Å². The summed E-state index contributed by atoms with van der Waals surface area (Å²) in [6.07, 6.45) is 1.96. The minimum absolute atomic E-state index is 0.160. The predicted molar refractivity (Wildman–Crippen MR) is 93.8 cm³/mol. The molecule has 2 aromatic rings. The zero-order valence-electron chi connectivity index (χ0n) is 11.8. The monoisotopic (exact) mass is 424 g/mol. The molecule has 2 heterocycles. The molecule has 2 N–H and O–H groups in total. The van der Waals surface area contributed by atoms with Gasteiger partial charge in [0, 0.05) is 24.4 Å². The number of aromatic nitrogens is 3. The van der Waals surface area contributed by atoms with E-state index in [4.69, 9.17) is 22.1 Å². The van der Waals surface area contributed by atoms with Gasteiger partial charge in [-0.3, -0.25) is 0 Å². The zero-order chi connectivity index (χ0) is 14.9. The first-order valence-corrected chi connectivity index (χ1v) is 11.5. The Morgan fingerprint density at radius 3 is 2.75 bits per heavy atom. The van der Waals surface area contributed by atoms with Crippen molar-refractivity contribution in [3.63, 3.8) is 0 Å². The van der Waals surface area contributed by atoms with E-state index in [1.54, 1.807) is 0 Å². The average molecular weight is 425 g/mol. The number of rotatable bonds is 5. The number of nitrogens with two attached hydrogens (primary N) is 1. The summed E-state index contributed by atoms with van der Waals surface area (Å²) in [5.41, 5.74) is 6.62. The lowest BCUT2D eigenvalue weighted by atomic mass is 10.4. The van der Waals surface area contributed by atoms with Gasteiger partial charge in [-0.2, -0.15) is 4.98 Å². The number of hydrogen-bond donors (Lipinski definition) is 1. The fourth-order valence-electron chi connectivity index (χ4n) is 1.78. The minimum atomic E-state index is -1.06. The van der Waals surface area contributed by atoms with Crippen LogP contribution in [0, 0.1) is 3.57 Å². The maximum atomic E-state index is 5.89. The molecule has 8 heteroatoms. The third-order valence-electron chi connectivity index (χ3n) is 2.90. The van der Waals surface area contributed by atoms with Crippen LogP contribution in [-0.4, -0.2) is 29.2 Å². The van der Waals surface area contributed by atoms with Gasteiger partial charge in [0.05, 0.1) is 5.39 Å². The predicted octanol–water partition coefficient (Wildman–Crippen LogP) is 3.58. The Kier molecular flexibility index (Phi) is 4.93. The maximum Gasteiger partial charge on any atom is 0.226 e. The van der Waals surface area contributed by atoms with Gasteiger partial charge in [0.1, 0.15) is 18.2 Å². The van der Waals surface area contributed by atoms with Gasteiger partial charge in [0.25, 0.3) is 0 Å². The van der Waals surface area contributed by atoms with Crippen molar-refractivity contribution in [1.82, 2.24) is 14.5 Å². The second kappa shape index (κ2) is 6.16. The van der Waals surface area contributed by atoms with Crippen LogP contribution in [0.3, 0.4) is 0 Å². The van der Waals surface area contributed by atoms with E-state index >= 15 is 0 Å². The van der Waals surface area contributed by atoms with Crippen LogP contribution in [0.2, 0.25) is 31.0 Å². The van der Waals surface area contributed by atoms with Gasteiger partial charge < -0.3 is 15.0 Å². The molecule has 5 nitrogen and oxygen atoms in total. The smallest absolute Gasteiger partial charge is 0.226 e. The van der Waals surface area contributed by atoms with Crippen LogP contribution in [0.5, 0.6) is 0 Å². The number of nitrogen functional groups attached to an aromatic ring is 1. The number of nitrogens with zero attached hydrogens (tertiary/aromatic N) is 3. The first-order valence-electron chi connectivity index (χ1n) is 6.33. The van der Waals surface area contributed by atoms with Crippen molar-refractivity contribution in [2.75, 3.05) is 12.3 Å². The highest BCUT2D eigenvalue weighted by Gasteiger charge is 2.15. The molecule has 0 fully saturated rings. The first kappa shape index (κ1) is 16.0. The quantitative estimate of drug-likeness (QED) is 0.345. The maximum absolute atomic E-state index is 5.89. The van der Waals surface area contributed by atoms with Gasteiger partial charge in [-0.05, 0) is 40.2 Å². The van der Waals surface area contributed by atoms with Gasteiger partial charge in [-0.1, -0.05) is 19.6 Å². The second-order valence-corrected chi connectivity index (χ2v) is 13.0. The molecule has 0 aliphatic carbocycles. The number of fused-ring (bicyclic) bond motifs is 1.